The first-order chi connectivity index (χ1) is 12.7. The minimum Gasteiger partial charge on any atom is -0.463 e. The van der Waals surface area contributed by atoms with Crippen molar-refractivity contribution in [3.8, 4) is 0 Å². The molecule has 0 bridgehead atoms. The van der Waals surface area contributed by atoms with Gasteiger partial charge in [-0.05, 0) is 12.8 Å². The van der Waals surface area contributed by atoms with Crippen molar-refractivity contribution in [1.29, 1.82) is 0 Å². The molecule has 0 aromatic heterocycles. The Labute approximate surface area is 161 Å². The molecule has 0 unspecified atom stereocenters. The van der Waals surface area contributed by atoms with Gasteiger partial charge in [0.15, 0.2) is 6.61 Å². The van der Waals surface area contributed by atoms with Crippen LogP contribution in [0.3, 0.4) is 0 Å². The van der Waals surface area contributed by atoms with Crippen LogP contribution in [0.5, 0.6) is 0 Å². The molecule has 4 heteroatoms. The SMILES string of the molecule is CCCCCCCCCCCCCCCC(=O)OCC(=O)OCCCC. The monoisotopic (exact) mass is 370 g/mol. The Kier molecular flexibility index (Phi) is 19.4. The van der Waals surface area contributed by atoms with E-state index < -0.39 is 5.97 Å². The molecule has 0 aliphatic heterocycles. The van der Waals surface area contributed by atoms with E-state index >= 15 is 0 Å². The topological polar surface area (TPSA) is 52.6 Å². The van der Waals surface area contributed by atoms with Crippen LogP contribution in [0.4, 0.5) is 0 Å². The highest BCUT2D eigenvalue weighted by Gasteiger charge is 2.08. The van der Waals surface area contributed by atoms with Crippen molar-refractivity contribution < 1.29 is 19.1 Å². The Morgan fingerprint density at radius 3 is 1.50 bits per heavy atom. The summed E-state index contributed by atoms with van der Waals surface area (Å²) in [5, 5.41) is 0. The fraction of sp³-hybridized carbons (Fsp3) is 0.909. The summed E-state index contributed by atoms with van der Waals surface area (Å²) in [6.45, 7) is 4.45. The minimum absolute atomic E-state index is 0.249. The third-order valence-corrected chi connectivity index (χ3v) is 4.60. The fourth-order valence-electron chi connectivity index (χ4n) is 2.87. The lowest BCUT2D eigenvalue weighted by Crippen LogP contribution is -2.16. The summed E-state index contributed by atoms with van der Waals surface area (Å²) >= 11 is 0. The average Bonchev–Trinajstić information content (AvgIpc) is 2.64. The van der Waals surface area contributed by atoms with Crippen LogP contribution in [0.1, 0.15) is 117 Å². The third-order valence-electron chi connectivity index (χ3n) is 4.60. The maximum atomic E-state index is 11.5. The Hall–Kier alpha value is -1.06. The summed E-state index contributed by atoms with van der Waals surface area (Å²) in [7, 11) is 0. The van der Waals surface area contributed by atoms with E-state index in [0.717, 1.165) is 25.7 Å². The van der Waals surface area contributed by atoms with Crippen molar-refractivity contribution >= 4 is 11.9 Å². The molecule has 154 valence electrons. The van der Waals surface area contributed by atoms with Gasteiger partial charge in [0.25, 0.3) is 0 Å². The molecule has 0 radical (unpaired) electrons. The van der Waals surface area contributed by atoms with Crippen LogP contribution in [-0.2, 0) is 19.1 Å². The molecule has 26 heavy (non-hydrogen) atoms. The fourth-order valence-corrected chi connectivity index (χ4v) is 2.87. The molecule has 4 nitrogen and oxygen atoms in total. The number of unbranched alkanes of at least 4 members (excludes halogenated alkanes) is 13. The Morgan fingerprint density at radius 2 is 1.00 bits per heavy atom. The zero-order valence-corrected chi connectivity index (χ0v) is 17.4. The normalized spacial score (nSPS) is 10.7. The van der Waals surface area contributed by atoms with Gasteiger partial charge in [-0.2, -0.15) is 0 Å². The van der Waals surface area contributed by atoms with Gasteiger partial charge in [-0.25, -0.2) is 4.79 Å². The first kappa shape index (κ1) is 24.9. The summed E-state index contributed by atoms with van der Waals surface area (Å²) in [6.07, 6.45) is 18.9. The highest BCUT2D eigenvalue weighted by molar-refractivity contribution is 5.76. The molecule has 0 aromatic rings. The lowest BCUT2D eigenvalue weighted by Gasteiger charge is -2.06. The molecule has 0 amide bonds. The highest BCUT2D eigenvalue weighted by atomic mass is 16.6. The van der Waals surface area contributed by atoms with Crippen molar-refractivity contribution in [3.05, 3.63) is 0 Å². The van der Waals surface area contributed by atoms with Gasteiger partial charge >= 0.3 is 11.9 Å². The van der Waals surface area contributed by atoms with Crippen molar-refractivity contribution in [3.63, 3.8) is 0 Å². The second-order valence-electron chi connectivity index (χ2n) is 7.23. The van der Waals surface area contributed by atoms with Crippen molar-refractivity contribution in [2.75, 3.05) is 13.2 Å². The van der Waals surface area contributed by atoms with E-state index in [1.807, 2.05) is 6.92 Å². The van der Waals surface area contributed by atoms with Crippen LogP contribution in [-0.4, -0.2) is 25.2 Å². The molecular formula is C22H42O4. The van der Waals surface area contributed by atoms with E-state index in [0.29, 0.717) is 13.0 Å². The van der Waals surface area contributed by atoms with E-state index in [1.165, 1.54) is 70.6 Å². The number of hydrogen-bond donors (Lipinski definition) is 0. The number of ether oxygens (including phenoxy) is 2. The number of carbonyl (C=O) groups is 2. The van der Waals surface area contributed by atoms with Gasteiger partial charge in [0.05, 0.1) is 6.61 Å². The molecule has 0 aromatic carbocycles. The van der Waals surface area contributed by atoms with Crippen molar-refractivity contribution in [2.24, 2.45) is 0 Å². The van der Waals surface area contributed by atoms with Crippen molar-refractivity contribution in [2.45, 2.75) is 117 Å². The molecule has 0 aliphatic carbocycles. The maximum Gasteiger partial charge on any atom is 0.344 e. The number of hydrogen-bond acceptors (Lipinski definition) is 4. The van der Waals surface area contributed by atoms with Gasteiger partial charge in [0, 0.05) is 6.42 Å². The molecule has 0 fully saturated rings. The lowest BCUT2D eigenvalue weighted by molar-refractivity contribution is -0.158. The summed E-state index contributed by atoms with van der Waals surface area (Å²) in [5.74, 6) is -0.738. The highest BCUT2D eigenvalue weighted by Crippen LogP contribution is 2.13. The zero-order valence-electron chi connectivity index (χ0n) is 17.4. The predicted octanol–water partition coefficient (Wildman–Crippen LogP) is 6.35. The van der Waals surface area contributed by atoms with Crippen LogP contribution in [0.2, 0.25) is 0 Å². The largest absolute Gasteiger partial charge is 0.463 e. The van der Waals surface area contributed by atoms with E-state index in [4.69, 9.17) is 9.47 Å². The quantitative estimate of drug-likeness (QED) is 0.196. The van der Waals surface area contributed by atoms with E-state index in [2.05, 4.69) is 6.92 Å². The van der Waals surface area contributed by atoms with E-state index in [-0.39, 0.29) is 12.6 Å². The second-order valence-corrected chi connectivity index (χ2v) is 7.23. The van der Waals surface area contributed by atoms with Crippen LogP contribution in [0.25, 0.3) is 0 Å². The third kappa shape index (κ3) is 19.3. The first-order valence-electron chi connectivity index (χ1n) is 11.0. The standard InChI is InChI=1S/C22H42O4/c1-3-5-7-8-9-10-11-12-13-14-15-16-17-18-21(23)26-20-22(24)25-19-6-4-2/h3-20H2,1-2H3. The lowest BCUT2D eigenvalue weighted by atomic mass is 10.0. The van der Waals surface area contributed by atoms with E-state index in [1.54, 1.807) is 0 Å². The van der Waals surface area contributed by atoms with Crippen molar-refractivity contribution in [1.82, 2.24) is 0 Å². The molecule has 0 aliphatic rings. The molecule has 0 atom stereocenters. The Morgan fingerprint density at radius 1 is 0.538 bits per heavy atom. The summed E-state index contributed by atoms with van der Waals surface area (Å²) < 4.78 is 9.87. The van der Waals surface area contributed by atoms with Gasteiger partial charge in [0.2, 0.25) is 0 Å². The van der Waals surface area contributed by atoms with Crippen LogP contribution in [0.15, 0.2) is 0 Å². The molecule has 0 spiro atoms. The molecular weight excluding hydrogens is 328 g/mol. The van der Waals surface area contributed by atoms with Crippen LogP contribution < -0.4 is 0 Å². The minimum atomic E-state index is -0.447. The van der Waals surface area contributed by atoms with Gasteiger partial charge in [-0.3, -0.25) is 4.79 Å². The Balaban J connectivity index is 3.24. The van der Waals surface area contributed by atoms with Gasteiger partial charge in [0.1, 0.15) is 0 Å². The summed E-state index contributed by atoms with van der Waals surface area (Å²) in [4.78, 5) is 22.9. The molecule has 0 rings (SSSR count). The molecule has 0 N–H and O–H groups in total. The molecule has 0 heterocycles. The van der Waals surface area contributed by atoms with Gasteiger partial charge < -0.3 is 9.47 Å². The van der Waals surface area contributed by atoms with Gasteiger partial charge in [-0.15, -0.1) is 0 Å². The predicted molar refractivity (Wildman–Crippen MR) is 107 cm³/mol. The number of carbonyl (C=O) groups excluding carboxylic acids is 2. The second kappa shape index (κ2) is 20.3. The molecule has 0 saturated carbocycles. The first-order valence-corrected chi connectivity index (χ1v) is 11.0. The average molecular weight is 371 g/mol. The van der Waals surface area contributed by atoms with Crippen LogP contribution >= 0.6 is 0 Å². The number of esters is 2. The smallest absolute Gasteiger partial charge is 0.344 e. The maximum absolute atomic E-state index is 11.5. The van der Waals surface area contributed by atoms with Crippen LogP contribution in [0, 0.1) is 0 Å². The van der Waals surface area contributed by atoms with E-state index in [9.17, 15) is 9.59 Å². The summed E-state index contributed by atoms with van der Waals surface area (Å²) in [6, 6.07) is 0. The summed E-state index contributed by atoms with van der Waals surface area (Å²) in [5.41, 5.74) is 0. The molecule has 0 saturated heterocycles. The zero-order chi connectivity index (χ0) is 19.3. The Bertz CT molecular complexity index is 328. The van der Waals surface area contributed by atoms with Gasteiger partial charge in [-0.1, -0.05) is 97.3 Å². The number of rotatable bonds is 19.